The number of amides is 2. The first-order chi connectivity index (χ1) is 18.4. The number of carbonyl (C=O) groups is 2. The van der Waals surface area contributed by atoms with E-state index in [1.807, 2.05) is 58.0 Å². The standard InChI is InChI=1S/C30H36ClN3O4S/c1-21(2)18-32-30(36)24(5)33(19-25-11-9-22(3)10-12-25)29(35)20-34(27-8-6-7-23(4)17-27)39(37,38)28-15-13-26(31)14-16-28/h6-17,21,24H,18-20H2,1-5H3,(H,32,36)/t24-/m1/s1. The molecule has 1 atom stereocenters. The van der Waals surface area contributed by atoms with Crippen LogP contribution in [0.25, 0.3) is 0 Å². The van der Waals surface area contributed by atoms with Gasteiger partial charge in [-0.15, -0.1) is 0 Å². The maximum Gasteiger partial charge on any atom is 0.264 e. The third kappa shape index (κ3) is 8.07. The van der Waals surface area contributed by atoms with Crippen LogP contribution in [0.1, 0.15) is 37.5 Å². The molecule has 0 aliphatic carbocycles. The van der Waals surface area contributed by atoms with Gasteiger partial charge in [0.1, 0.15) is 12.6 Å². The number of nitrogens with zero attached hydrogens (tertiary/aromatic N) is 2. The van der Waals surface area contributed by atoms with Gasteiger partial charge in [0.15, 0.2) is 0 Å². The number of hydrogen-bond donors (Lipinski definition) is 1. The molecule has 0 aromatic heterocycles. The van der Waals surface area contributed by atoms with E-state index in [2.05, 4.69) is 5.32 Å². The number of nitrogens with one attached hydrogen (secondary N) is 1. The van der Waals surface area contributed by atoms with E-state index in [0.29, 0.717) is 17.3 Å². The second kappa shape index (κ2) is 13.1. The Morgan fingerprint density at radius 3 is 2.13 bits per heavy atom. The molecule has 39 heavy (non-hydrogen) atoms. The highest BCUT2D eigenvalue weighted by Crippen LogP contribution is 2.26. The largest absolute Gasteiger partial charge is 0.354 e. The number of carbonyl (C=O) groups excluding carboxylic acids is 2. The molecule has 2 amide bonds. The van der Waals surface area contributed by atoms with Gasteiger partial charge in [0, 0.05) is 18.1 Å². The molecule has 0 spiro atoms. The lowest BCUT2D eigenvalue weighted by Crippen LogP contribution is -2.51. The van der Waals surface area contributed by atoms with Gasteiger partial charge < -0.3 is 10.2 Å². The van der Waals surface area contributed by atoms with Crippen molar-refractivity contribution in [1.29, 1.82) is 0 Å². The summed E-state index contributed by atoms with van der Waals surface area (Å²) >= 11 is 5.99. The molecule has 0 fully saturated rings. The number of aryl methyl sites for hydroxylation is 2. The zero-order chi connectivity index (χ0) is 28.7. The molecule has 1 N–H and O–H groups in total. The Balaban J connectivity index is 2.01. The predicted octanol–water partition coefficient (Wildman–Crippen LogP) is 5.34. The minimum Gasteiger partial charge on any atom is -0.354 e. The highest BCUT2D eigenvalue weighted by molar-refractivity contribution is 7.92. The second-order valence-electron chi connectivity index (χ2n) is 10.1. The van der Waals surface area contributed by atoms with Crippen LogP contribution in [-0.2, 0) is 26.2 Å². The molecule has 0 saturated heterocycles. The zero-order valence-electron chi connectivity index (χ0n) is 23.0. The van der Waals surface area contributed by atoms with Gasteiger partial charge >= 0.3 is 0 Å². The van der Waals surface area contributed by atoms with E-state index in [1.165, 1.54) is 29.2 Å². The number of benzene rings is 3. The lowest BCUT2D eigenvalue weighted by atomic mass is 10.1. The number of anilines is 1. The van der Waals surface area contributed by atoms with Crippen LogP contribution in [0.4, 0.5) is 5.69 Å². The first-order valence-electron chi connectivity index (χ1n) is 12.9. The molecule has 3 rings (SSSR count). The van der Waals surface area contributed by atoms with Crippen molar-refractivity contribution >= 4 is 39.1 Å². The monoisotopic (exact) mass is 569 g/mol. The van der Waals surface area contributed by atoms with E-state index < -0.39 is 28.5 Å². The quantitative estimate of drug-likeness (QED) is 0.338. The Labute approximate surface area is 236 Å². The SMILES string of the molecule is Cc1ccc(CN(C(=O)CN(c2cccc(C)c2)S(=O)(=O)c2ccc(Cl)cc2)[C@H](C)C(=O)NCC(C)C)cc1. The van der Waals surface area contributed by atoms with Crippen molar-refractivity contribution in [1.82, 2.24) is 10.2 Å². The van der Waals surface area contributed by atoms with Gasteiger partial charge in [-0.05, 0) is 74.2 Å². The summed E-state index contributed by atoms with van der Waals surface area (Å²) in [5.74, 6) is -0.558. The third-order valence-corrected chi connectivity index (χ3v) is 8.34. The topological polar surface area (TPSA) is 86.8 Å². The molecule has 0 bridgehead atoms. The van der Waals surface area contributed by atoms with E-state index in [0.717, 1.165) is 21.0 Å². The minimum atomic E-state index is -4.14. The molecule has 0 saturated carbocycles. The van der Waals surface area contributed by atoms with Crippen molar-refractivity contribution in [2.75, 3.05) is 17.4 Å². The third-order valence-electron chi connectivity index (χ3n) is 6.30. The summed E-state index contributed by atoms with van der Waals surface area (Å²) in [7, 11) is -4.14. The van der Waals surface area contributed by atoms with E-state index in [1.54, 1.807) is 25.1 Å². The Hall–Kier alpha value is -3.36. The predicted molar refractivity (Wildman–Crippen MR) is 156 cm³/mol. The second-order valence-corrected chi connectivity index (χ2v) is 12.4. The fraction of sp³-hybridized carbons (Fsp3) is 0.333. The molecule has 0 aliphatic rings. The van der Waals surface area contributed by atoms with Crippen LogP contribution in [0.15, 0.2) is 77.7 Å². The molecular weight excluding hydrogens is 534 g/mol. The first-order valence-corrected chi connectivity index (χ1v) is 14.7. The summed E-state index contributed by atoms with van der Waals surface area (Å²) in [5.41, 5.74) is 3.10. The van der Waals surface area contributed by atoms with Crippen LogP contribution >= 0.6 is 11.6 Å². The molecule has 208 valence electrons. The van der Waals surface area contributed by atoms with Gasteiger partial charge in [-0.2, -0.15) is 0 Å². The maximum absolute atomic E-state index is 13.9. The van der Waals surface area contributed by atoms with E-state index in [9.17, 15) is 18.0 Å². The van der Waals surface area contributed by atoms with Crippen LogP contribution in [0.2, 0.25) is 5.02 Å². The summed E-state index contributed by atoms with van der Waals surface area (Å²) in [6.45, 7) is 9.59. The van der Waals surface area contributed by atoms with E-state index in [-0.39, 0.29) is 23.3 Å². The van der Waals surface area contributed by atoms with Crippen LogP contribution in [-0.4, -0.2) is 44.3 Å². The summed E-state index contributed by atoms with van der Waals surface area (Å²) in [6.07, 6.45) is 0. The molecule has 0 radical (unpaired) electrons. The van der Waals surface area contributed by atoms with Gasteiger partial charge in [-0.1, -0.05) is 67.4 Å². The fourth-order valence-corrected chi connectivity index (χ4v) is 5.50. The lowest BCUT2D eigenvalue weighted by Gasteiger charge is -2.32. The molecular formula is C30H36ClN3O4S. The van der Waals surface area contributed by atoms with Crippen molar-refractivity contribution < 1.29 is 18.0 Å². The number of hydrogen-bond acceptors (Lipinski definition) is 4. The van der Waals surface area contributed by atoms with Crippen LogP contribution in [0.3, 0.4) is 0 Å². The highest BCUT2D eigenvalue weighted by Gasteiger charge is 2.32. The van der Waals surface area contributed by atoms with Crippen LogP contribution < -0.4 is 9.62 Å². The molecule has 0 unspecified atom stereocenters. The molecule has 0 aliphatic heterocycles. The first kappa shape index (κ1) is 30.2. The number of rotatable bonds is 11. The summed E-state index contributed by atoms with van der Waals surface area (Å²) in [4.78, 5) is 28.4. The summed E-state index contributed by atoms with van der Waals surface area (Å²) in [6, 6.07) is 19.6. The average Bonchev–Trinajstić information content (AvgIpc) is 2.89. The van der Waals surface area contributed by atoms with Crippen molar-refractivity contribution in [2.24, 2.45) is 5.92 Å². The smallest absolute Gasteiger partial charge is 0.264 e. The van der Waals surface area contributed by atoms with Crippen LogP contribution in [0.5, 0.6) is 0 Å². The van der Waals surface area contributed by atoms with Gasteiger partial charge in [0.2, 0.25) is 11.8 Å². The van der Waals surface area contributed by atoms with Crippen molar-refractivity contribution in [2.45, 2.75) is 52.1 Å². The van der Waals surface area contributed by atoms with Crippen molar-refractivity contribution in [3.05, 3.63) is 94.5 Å². The normalized spacial score (nSPS) is 12.2. The number of sulfonamides is 1. The average molecular weight is 570 g/mol. The fourth-order valence-electron chi connectivity index (χ4n) is 3.97. The molecule has 9 heteroatoms. The van der Waals surface area contributed by atoms with Crippen molar-refractivity contribution in [3.8, 4) is 0 Å². The highest BCUT2D eigenvalue weighted by atomic mass is 35.5. The Kier molecular flexibility index (Phi) is 10.2. The van der Waals surface area contributed by atoms with E-state index in [4.69, 9.17) is 11.6 Å². The lowest BCUT2D eigenvalue weighted by molar-refractivity contribution is -0.139. The minimum absolute atomic E-state index is 0.00835. The van der Waals surface area contributed by atoms with Crippen LogP contribution in [0, 0.1) is 19.8 Å². The Morgan fingerprint density at radius 2 is 1.54 bits per heavy atom. The Bertz CT molecular complexity index is 1390. The number of halogens is 1. The van der Waals surface area contributed by atoms with Gasteiger partial charge in [-0.3, -0.25) is 13.9 Å². The molecule has 7 nitrogen and oxygen atoms in total. The maximum atomic E-state index is 13.9. The molecule has 3 aromatic rings. The van der Waals surface area contributed by atoms with Gasteiger partial charge in [0.05, 0.1) is 10.6 Å². The molecule has 3 aromatic carbocycles. The Morgan fingerprint density at radius 1 is 0.897 bits per heavy atom. The van der Waals surface area contributed by atoms with Crippen molar-refractivity contribution in [3.63, 3.8) is 0 Å². The summed E-state index contributed by atoms with van der Waals surface area (Å²) in [5, 5.41) is 3.29. The zero-order valence-corrected chi connectivity index (χ0v) is 24.6. The van der Waals surface area contributed by atoms with Gasteiger partial charge in [-0.25, -0.2) is 8.42 Å². The van der Waals surface area contributed by atoms with Gasteiger partial charge in [0.25, 0.3) is 10.0 Å². The van der Waals surface area contributed by atoms with E-state index >= 15 is 0 Å². The summed E-state index contributed by atoms with van der Waals surface area (Å²) < 4.78 is 28.7. The molecule has 0 heterocycles.